The highest BCUT2D eigenvalue weighted by Gasteiger charge is 2.67. The number of alkyl halides is 4. The number of aliphatic carboxylic acids is 1. The number of aromatic nitrogens is 2. The third-order valence-electron chi connectivity index (χ3n) is 11.5. The molecule has 2 aliphatic carbocycles. The van der Waals surface area contributed by atoms with Crippen LogP contribution in [0.25, 0.3) is 0 Å². The van der Waals surface area contributed by atoms with Gasteiger partial charge in [-0.15, -0.1) is 0 Å². The van der Waals surface area contributed by atoms with Crippen LogP contribution in [0.2, 0.25) is 0 Å². The number of fused-ring (bicyclic) bond motifs is 6. The van der Waals surface area contributed by atoms with Crippen LogP contribution in [0.4, 0.5) is 31.9 Å². The number of carbonyl (C=O) groups is 5. The minimum atomic E-state index is -4.47. The summed E-state index contributed by atoms with van der Waals surface area (Å²) in [5, 5.41) is 20.3. The molecule has 61 heavy (non-hydrogen) atoms. The van der Waals surface area contributed by atoms with Crippen LogP contribution >= 0.6 is 0 Å². The fourth-order valence-corrected chi connectivity index (χ4v) is 8.28. The van der Waals surface area contributed by atoms with Gasteiger partial charge in [-0.3, -0.25) is 0 Å². The lowest BCUT2D eigenvalue weighted by Gasteiger charge is -2.36. The zero-order valence-electron chi connectivity index (χ0n) is 34.2. The maximum atomic E-state index is 14.6. The van der Waals surface area contributed by atoms with Crippen molar-refractivity contribution in [2.45, 2.75) is 141 Å². The van der Waals surface area contributed by atoms with Gasteiger partial charge in [-0.05, 0) is 90.9 Å². The predicted octanol–water partition coefficient (Wildman–Crippen LogP) is 5.46. The lowest BCUT2D eigenvalue weighted by molar-refractivity contribution is -0.335. The van der Waals surface area contributed by atoms with Crippen molar-refractivity contribution in [2.24, 2.45) is 16.6 Å². The Hall–Kier alpha value is -5.23. The summed E-state index contributed by atoms with van der Waals surface area (Å²) in [7, 11) is 0. The van der Waals surface area contributed by atoms with Crippen LogP contribution in [0.3, 0.4) is 0 Å². The van der Waals surface area contributed by atoms with Gasteiger partial charge in [0.05, 0.1) is 37.3 Å². The summed E-state index contributed by atoms with van der Waals surface area (Å²) in [4.78, 5) is 72.1. The number of ether oxygens (including phenoxy) is 2. The molecular weight excluding hydrogens is 824 g/mol. The number of alkyl carbamates (subject to hydrolysis) is 1. The molecule has 0 unspecified atom stereocenters. The molecule has 0 aromatic carbocycles. The minimum Gasteiger partial charge on any atom is -0.475 e. The van der Waals surface area contributed by atoms with E-state index in [-0.39, 0.29) is 34.4 Å². The van der Waals surface area contributed by atoms with Crippen molar-refractivity contribution in [3.63, 3.8) is 0 Å². The van der Waals surface area contributed by atoms with Crippen molar-refractivity contribution in [3.8, 4) is 0 Å². The molecule has 6 heterocycles. The number of hydrogen-bond donors (Lipinski definition) is 3. The van der Waals surface area contributed by atoms with Gasteiger partial charge >= 0.3 is 42.3 Å². The smallest absolute Gasteiger partial charge is 0.475 e. The summed E-state index contributed by atoms with van der Waals surface area (Å²) in [6, 6.07) is -0.530. The van der Waals surface area contributed by atoms with Gasteiger partial charge < -0.3 is 44.5 Å². The standard InChI is InChI=1S/C23H32F2N4O7.C14H16F2N4O5.2H2/c1-20(2,3)33-17(30)23(24,25)36-29-16-12-28(19(29)32)15(10-22(16)7-8-22)14-9-13(35-27-14)11-26-18(31)34-21(4,5)6;15-14(16,11(21)22)25-20-10-6-19(12(20)23)9(4-13(10)1-2-13)8-3-7(5-17)24-18-8;;/h9,15-16H,7-8,10-12H2,1-6H3,(H,26,31);3,9-10H,1-2,4-6,17H2,(H,21,22);2*1H/t15-,16-;9-,10-;;/m00../s1. The topological polar surface area (TPSA) is 246 Å². The number of carboxylic acids is 1. The fourth-order valence-electron chi connectivity index (χ4n) is 8.28. The average Bonchev–Trinajstić information content (AvgIpc) is 3.86. The first-order valence-corrected chi connectivity index (χ1v) is 19.7. The number of carboxylic acid groups (broad SMARTS) is 1. The van der Waals surface area contributed by atoms with E-state index in [1.54, 1.807) is 32.9 Å². The van der Waals surface area contributed by atoms with Crippen molar-refractivity contribution in [3.05, 3.63) is 35.0 Å². The lowest BCUT2D eigenvalue weighted by atomic mass is 9.84. The molecule has 4 saturated heterocycles. The van der Waals surface area contributed by atoms with Crippen LogP contribution in [0.1, 0.15) is 118 Å². The number of halogens is 4. The summed E-state index contributed by atoms with van der Waals surface area (Å²) in [5.74, 6) is -3.50. The van der Waals surface area contributed by atoms with Crippen molar-refractivity contribution in [1.29, 1.82) is 0 Å². The maximum absolute atomic E-state index is 14.6. The number of carbonyl (C=O) groups excluding carboxylic acids is 4. The Morgan fingerprint density at radius 2 is 1.25 bits per heavy atom. The molecule has 24 heteroatoms. The maximum Gasteiger partial charge on any atom is 0.477 e. The highest BCUT2D eigenvalue weighted by Crippen LogP contribution is 2.63. The van der Waals surface area contributed by atoms with E-state index in [4.69, 9.17) is 34.2 Å². The molecular formula is C37H52F4N8O12. The molecule has 0 radical (unpaired) electrons. The molecule has 4 atom stereocenters. The van der Waals surface area contributed by atoms with E-state index in [9.17, 15) is 41.5 Å². The van der Waals surface area contributed by atoms with E-state index in [1.807, 2.05) is 0 Å². The molecule has 2 spiro atoms. The number of esters is 1. The molecule has 6 fully saturated rings. The van der Waals surface area contributed by atoms with Crippen LogP contribution in [0.5, 0.6) is 0 Å². The van der Waals surface area contributed by atoms with Gasteiger partial charge in [0.25, 0.3) is 0 Å². The highest BCUT2D eigenvalue weighted by atomic mass is 19.3. The van der Waals surface area contributed by atoms with Crippen molar-refractivity contribution in [1.82, 2.24) is 35.6 Å². The van der Waals surface area contributed by atoms with Crippen LogP contribution in [-0.4, -0.2) is 114 Å². The Balaban J connectivity index is 0.000000244. The molecule has 5 amide bonds. The van der Waals surface area contributed by atoms with E-state index in [2.05, 4.69) is 20.5 Å². The molecule has 6 aliphatic rings. The number of hydrogen-bond acceptors (Lipinski definition) is 14. The summed E-state index contributed by atoms with van der Waals surface area (Å²) in [5.41, 5.74) is 3.84. The van der Waals surface area contributed by atoms with E-state index in [0.717, 1.165) is 25.7 Å². The zero-order chi connectivity index (χ0) is 44.7. The van der Waals surface area contributed by atoms with Gasteiger partial charge in [0.1, 0.15) is 22.6 Å². The lowest BCUT2D eigenvalue weighted by Crippen LogP contribution is -2.48. The summed E-state index contributed by atoms with van der Waals surface area (Å²) < 4.78 is 76.5. The monoisotopic (exact) mass is 876 g/mol. The van der Waals surface area contributed by atoms with E-state index < -0.39 is 83.1 Å². The van der Waals surface area contributed by atoms with Crippen molar-refractivity contribution < 1.29 is 77.7 Å². The van der Waals surface area contributed by atoms with Gasteiger partial charge in [0.2, 0.25) is 0 Å². The van der Waals surface area contributed by atoms with Gasteiger partial charge in [0.15, 0.2) is 11.5 Å². The van der Waals surface area contributed by atoms with Gasteiger partial charge in [-0.25, -0.2) is 24.0 Å². The number of nitrogens with two attached hydrogens (primary N) is 1. The van der Waals surface area contributed by atoms with Crippen molar-refractivity contribution in [2.75, 3.05) is 13.1 Å². The number of nitrogens with zero attached hydrogens (tertiary/aromatic N) is 6. The van der Waals surface area contributed by atoms with Crippen LogP contribution in [-0.2, 0) is 41.8 Å². The molecule has 20 nitrogen and oxygen atoms in total. The second-order valence-electron chi connectivity index (χ2n) is 18.2. The molecule has 8 rings (SSSR count). The number of piperidine rings is 2. The molecule has 4 N–H and O–H groups in total. The minimum absolute atomic E-state index is 0. The average molecular weight is 877 g/mol. The van der Waals surface area contributed by atoms with Gasteiger partial charge in [-0.1, -0.05) is 10.3 Å². The van der Waals surface area contributed by atoms with Crippen LogP contribution in [0, 0.1) is 10.8 Å². The quantitative estimate of drug-likeness (QED) is 0.187. The number of nitrogens with one attached hydrogen (secondary N) is 1. The Morgan fingerprint density at radius 1 is 0.803 bits per heavy atom. The van der Waals surface area contributed by atoms with E-state index >= 15 is 0 Å². The normalized spacial score (nSPS) is 24.8. The predicted molar refractivity (Wildman–Crippen MR) is 197 cm³/mol. The number of rotatable bonds is 11. The van der Waals surface area contributed by atoms with Crippen LogP contribution < -0.4 is 11.1 Å². The van der Waals surface area contributed by atoms with Crippen LogP contribution in [0.15, 0.2) is 21.2 Å². The number of hydroxylamine groups is 4. The largest absolute Gasteiger partial charge is 0.477 e. The molecule has 4 aliphatic heterocycles. The van der Waals surface area contributed by atoms with Gasteiger partial charge in [-0.2, -0.15) is 37.4 Å². The van der Waals surface area contributed by atoms with E-state index in [0.29, 0.717) is 45.9 Å². The molecule has 4 bridgehead atoms. The summed E-state index contributed by atoms with van der Waals surface area (Å²) >= 11 is 0. The third-order valence-corrected chi connectivity index (χ3v) is 11.5. The number of amides is 5. The summed E-state index contributed by atoms with van der Waals surface area (Å²) in [6.07, 6.45) is -5.49. The zero-order valence-corrected chi connectivity index (χ0v) is 34.2. The second kappa shape index (κ2) is 15.0. The fraction of sp³-hybridized carbons (Fsp3) is 0.703. The SMILES string of the molecule is CC(C)(C)OC(=O)NCc1cc([C@@H]2CC3(CC3)[C@@H]3CN2C(=O)N3OC(F)(F)C(=O)OC(C)(C)C)no1.NCc1cc([C@@H]2CC3(CC3)[C@@H]3CN2C(=O)N3OC(F)(F)C(=O)O)no1.[HH].[HH]. The molecule has 2 saturated carbocycles. The molecule has 2 aromatic rings. The first-order chi connectivity index (χ1) is 28.3. The summed E-state index contributed by atoms with van der Waals surface area (Å²) in [6.45, 7) is 10.1. The molecule has 2 aromatic heterocycles. The Morgan fingerprint density at radius 3 is 1.66 bits per heavy atom. The van der Waals surface area contributed by atoms with Gasteiger partial charge in [0, 0.05) is 28.1 Å². The molecule has 340 valence electrons. The first kappa shape index (κ1) is 43.8. The Kier molecular flexibility index (Phi) is 10.8. The Bertz CT molecular complexity index is 2070. The second-order valence-corrected chi connectivity index (χ2v) is 18.2. The first-order valence-electron chi connectivity index (χ1n) is 19.7. The Labute approximate surface area is 348 Å². The highest BCUT2D eigenvalue weighted by molar-refractivity contribution is 5.80. The number of urea groups is 2. The third kappa shape index (κ3) is 8.78. The van der Waals surface area contributed by atoms with Crippen molar-refractivity contribution >= 4 is 30.1 Å². The van der Waals surface area contributed by atoms with E-state index in [1.165, 1.54) is 30.6 Å².